The van der Waals surface area contributed by atoms with Gasteiger partial charge in [-0.15, -0.1) is 35.3 Å². The van der Waals surface area contributed by atoms with Crippen molar-refractivity contribution in [3.63, 3.8) is 0 Å². The smallest absolute Gasteiger partial charge is 0.234 e. The third kappa shape index (κ3) is 6.66. The van der Waals surface area contributed by atoms with Crippen LogP contribution in [0.2, 0.25) is 0 Å². The summed E-state index contributed by atoms with van der Waals surface area (Å²) >= 11 is 1.75. The number of hydrogen-bond acceptors (Lipinski definition) is 5. The summed E-state index contributed by atoms with van der Waals surface area (Å²) in [6, 6.07) is 0.443. The molecule has 2 N–H and O–H groups in total. The Balaban J connectivity index is 0.00000243. The lowest BCUT2D eigenvalue weighted by Gasteiger charge is -2.36. The molecule has 3 rings (SSSR count). The standard InChI is InChI=1S/C17H28N6OS.HI/c1-13-11-20-16(25-13)5-6-19-17(18-2)23-9-7-22(8-10-23)12-15(24)21-14-3-4-14;/h11,14H,3-10,12H2,1-2H3,(H,18,19)(H,21,24);1H. The third-order valence-electron chi connectivity index (χ3n) is 4.48. The van der Waals surface area contributed by atoms with Crippen LogP contribution in [-0.4, -0.2) is 79.0 Å². The minimum atomic E-state index is 0. The highest BCUT2D eigenvalue weighted by Crippen LogP contribution is 2.18. The fourth-order valence-electron chi connectivity index (χ4n) is 2.95. The first-order valence-corrected chi connectivity index (χ1v) is 9.84. The topological polar surface area (TPSA) is 72.9 Å². The molecule has 1 aromatic rings. The number of aromatic nitrogens is 1. The van der Waals surface area contributed by atoms with Crippen molar-refractivity contribution in [1.82, 2.24) is 25.4 Å². The molecule has 1 saturated carbocycles. The predicted molar refractivity (Wildman–Crippen MR) is 117 cm³/mol. The summed E-state index contributed by atoms with van der Waals surface area (Å²) in [4.78, 5) is 26.4. The van der Waals surface area contributed by atoms with Gasteiger partial charge < -0.3 is 15.5 Å². The van der Waals surface area contributed by atoms with Crippen molar-refractivity contribution in [3.05, 3.63) is 16.1 Å². The fraction of sp³-hybridized carbons (Fsp3) is 0.706. The van der Waals surface area contributed by atoms with Crippen LogP contribution >= 0.6 is 35.3 Å². The van der Waals surface area contributed by atoms with E-state index in [1.165, 1.54) is 4.88 Å². The van der Waals surface area contributed by atoms with Crippen LogP contribution in [0, 0.1) is 6.92 Å². The maximum atomic E-state index is 11.9. The van der Waals surface area contributed by atoms with Gasteiger partial charge >= 0.3 is 0 Å². The van der Waals surface area contributed by atoms with Crippen LogP contribution in [0.4, 0.5) is 0 Å². The third-order valence-corrected chi connectivity index (χ3v) is 5.46. The van der Waals surface area contributed by atoms with E-state index in [-0.39, 0.29) is 29.9 Å². The van der Waals surface area contributed by atoms with Crippen LogP contribution in [0.5, 0.6) is 0 Å². The zero-order valence-corrected chi connectivity index (χ0v) is 18.7. The summed E-state index contributed by atoms with van der Waals surface area (Å²) < 4.78 is 0. The van der Waals surface area contributed by atoms with Crippen molar-refractivity contribution in [2.45, 2.75) is 32.2 Å². The Labute approximate surface area is 176 Å². The van der Waals surface area contributed by atoms with E-state index in [2.05, 4.69) is 37.3 Å². The minimum absolute atomic E-state index is 0. The highest BCUT2D eigenvalue weighted by molar-refractivity contribution is 14.0. The lowest BCUT2D eigenvalue weighted by Crippen LogP contribution is -2.54. The predicted octanol–water partition coefficient (Wildman–Crippen LogP) is 1.08. The molecule has 1 amide bonds. The maximum Gasteiger partial charge on any atom is 0.234 e. The van der Waals surface area contributed by atoms with E-state index >= 15 is 0 Å². The van der Waals surface area contributed by atoms with Crippen LogP contribution < -0.4 is 10.6 Å². The van der Waals surface area contributed by atoms with E-state index in [1.807, 2.05) is 13.2 Å². The van der Waals surface area contributed by atoms with Gasteiger partial charge in [0.15, 0.2) is 5.96 Å². The van der Waals surface area contributed by atoms with Crippen LogP contribution in [0.3, 0.4) is 0 Å². The van der Waals surface area contributed by atoms with Crippen LogP contribution in [0.1, 0.15) is 22.7 Å². The molecule has 0 aromatic carbocycles. The maximum absolute atomic E-state index is 11.9. The number of amides is 1. The van der Waals surface area contributed by atoms with E-state index in [0.717, 1.165) is 63.0 Å². The van der Waals surface area contributed by atoms with Crippen LogP contribution in [0.25, 0.3) is 0 Å². The van der Waals surface area contributed by atoms with Crippen molar-refractivity contribution in [1.29, 1.82) is 0 Å². The first kappa shape index (κ1) is 21.4. The first-order chi connectivity index (χ1) is 12.1. The van der Waals surface area contributed by atoms with Gasteiger partial charge in [-0.3, -0.25) is 14.7 Å². The summed E-state index contributed by atoms with van der Waals surface area (Å²) in [6.45, 7) is 7.01. The summed E-state index contributed by atoms with van der Waals surface area (Å²) in [5, 5.41) is 7.65. The van der Waals surface area contributed by atoms with E-state index in [9.17, 15) is 4.79 Å². The molecule has 0 unspecified atom stereocenters. The Morgan fingerprint density at radius 3 is 2.65 bits per heavy atom. The van der Waals surface area contributed by atoms with Gasteiger partial charge in [-0.05, 0) is 19.8 Å². The molecule has 26 heavy (non-hydrogen) atoms. The average molecular weight is 492 g/mol. The van der Waals surface area contributed by atoms with E-state index in [4.69, 9.17) is 0 Å². The Kier molecular flexibility index (Phi) is 8.55. The van der Waals surface area contributed by atoms with E-state index < -0.39 is 0 Å². The number of nitrogens with zero attached hydrogens (tertiary/aromatic N) is 4. The van der Waals surface area contributed by atoms with Gasteiger partial charge in [0.2, 0.25) is 5.91 Å². The first-order valence-electron chi connectivity index (χ1n) is 9.02. The summed E-state index contributed by atoms with van der Waals surface area (Å²) in [6.07, 6.45) is 5.12. The Morgan fingerprint density at radius 1 is 1.35 bits per heavy atom. The Hall–Kier alpha value is -0.940. The monoisotopic (exact) mass is 492 g/mol. The average Bonchev–Trinajstić information content (AvgIpc) is 3.31. The van der Waals surface area contributed by atoms with Crippen molar-refractivity contribution in [2.24, 2.45) is 4.99 Å². The molecular weight excluding hydrogens is 463 g/mol. The lowest BCUT2D eigenvalue weighted by molar-refractivity contribution is -0.122. The zero-order chi connectivity index (χ0) is 17.6. The number of nitrogens with one attached hydrogen (secondary N) is 2. The molecule has 7 nitrogen and oxygen atoms in total. The molecule has 9 heteroatoms. The molecule has 1 saturated heterocycles. The van der Waals surface area contributed by atoms with E-state index in [1.54, 1.807) is 11.3 Å². The second-order valence-corrected chi connectivity index (χ2v) is 8.01. The molecule has 1 aliphatic heterocycles. The summed E-state index contributed by atoms with van der Waals surface area (Å²) in [5.41, 5.74) is 0. The normalized spacial score (nSPS) is 18.4. The second kappa shape index (κ2) is 10.4. The van der Waals surface area contributed by atoms with Crippen molar-refractivity contribution in [2.75, 3.05) is 46.3 Å². The van der Waals surface area contributed by atoms with Gasteiger partial charge in [0.05, 0.1) is 11.6 Å². The number of guanidine groups is 1. The van der Waals surface area contributed by atoms with Gasteiger partial charge in [-0.25, -0.2) is 4.98 Å². The fourth-order valence-corrected chi connectivity index (χ4v) is 3.74. The number of carbonyl (C=O) groups is 1. The van der Waals surface area contributed by atoms with Crippen molar-refractivity contribution >= 4 is 47.2 Å². The van der Waals surface area contributed by atoms with Crippen molar-refractivity contribution < 1.29 is 4.79 Å². The molecule has 2 aliphatic rings. The number of piperazine rings is 1. The molecular formula is C17H29IN6OS. The molecule has 0 radical (unpaired) electrons. The number of carbonyl (C=O) groups excluding carboxylic acids is 1. The molecule has 0 spiro atoms. The molecule has 146 valence electrons. The SMILES string of the molecule is CN=C(NCCc1ncc(C)s1)N1CCN(CC(=O)NC2CC2)CC1.I. The molecule has 2 fully saturated rings. The van der Waals surface area contributed by atoms with Gasteiger partial charge in [0, 0.05) is 63.3 Å². The van der Waals surface area contributed by atoms with Crippen molar-refractivity contribution in [3.8, 4) is 0 Å². The van der Waals surface area contributed by atoms with Crippen LogP contribution in [0.15, 0.2) is 11.2 Å². The highest BCUT2D eigenvalue weighted by Gasteiger charge is 2.25. The zero-order valence-electron chi connectivity index (χ0n) is 15.5. The van der Waals surface area contributed by atoms with Gasteiger partial charge in [0.1, 0.15) is 0 Å². The molecule has 0 atom stereocenters. The molecule has 2 heterocycles. The lowest BCUT2D eigenvalue weighted by atomic mass is 10.3. The molecule has 1 aromatic heterocycles. The number of hydrogen-bond donors (Lipinski definition) is 2. The van der Waals surface area contributed by atoms with Crippen LogP contribution in [-0.2, 0) is 11.2 Å². The van der Waals surface area contributed by atoms with Gasteiger partial charge in [-0.2, -0.15) is 0 Å². The highest BCUT2D eigenvalue weighted by atomic mass is 127. The number of aliphatic imine (C=N–C) groups is 1. The Morgan fingerprint density at radius 2 is 2.08 bits per heavy atom. The minimum Gasteiger partial charge on any atom is -0.356 e. The number of rotatable bonds is 6. The summed E-state index contributed by atoms with van der Waals surface area (Å²) in [5.74, 6) is 1.10. The van der Waals surface area contributed by atoms with E-state index in [0.29, 0.717) is 12.6 Å². The largest absolute Gasteiger partial charge is 0.356 e. The quantitative estimate of drug-likeness (QED) is 0.354. The Bertz CT molecular complexity index is 610. The number of thiazole rings is 1. The molecule has 1 aliphatic carbocycles. The molecule has 0 bridgehead atoms. The number of halogens is 1. The summed E-state index contributed by atoms with van der Waals surface area (Å²) in [7, 11) is 1.82. The second-order valence-electron chi connectivity index (χ2n) is 6.69. The van der Waals surface area contributed by atoms with Gasteiger partial charge in [-0.1, -0.05) is 0 Å². The van der Waals surface area contributed by atoms with Gasteiger partial charge in [0.25, 0.3) is 0 Å². The number of aryl methyl sites for hydroxylation is 1.